The summed E-state index contributed by atoms with van der Waals surface area (Å²) in [5, 5.41) is 0. The highest BCUT2D eigenvalue weighted by atomic mass is 16.5. The second-order valence-corrected chi connectivity index (χ2v) is 11.8. The average Bonchev–Trinajstić information content (AvgIpc) is 3.19. The maximum Gasteiger partial charge on any atom is 0.306 e. The van der Waals surface area contributed by atoms with E-state index in [2.05, 4.69) is 13.8 Å². The van der Waals surface area contributed by atoms with Crippen LogP contribution in [0.3, 0.4) is 0 Å². The molecule has 0 unspecified atom stereocenters. The Bertz CT molecular complexity index is 994. The number of ether oxygens (including phenoxy) is 1. The summed E-state index contributed by atoms with van der Waals surface area (Å²) in [5.74, 6) is 1.96. The van der Waals surface area contributed by atoms with Crippen molar-refractivity contribution in [2.75, 3.05) is 6.61 Å². The van der Waals surface area contributed by atoms with E-state index in [1.54, 1.807) is 0 Å². The lowest BCUT2D eigenvalue weighted by Crippen LogP contribution is -2.51. The number of rotatable bonds is 6. The van der Waals surface area contributed by atoms with Gasteiger partial charge in [-0.2, -0.15) is 0 Å². The number of esters is 1. The van der Waals surface area contributed by atoms with Crippen molar-refractivity contribution in [2.24, 2.45) is 34.5 Å². The van der Waals surface area contributed by atoms with Gasteiger partial charge in [0.1, 0.15) is 6.61 Å². The largest absolute Gasteiger partial charge is 0.458 e. The number of aryl methyl sites for hydroxylation is 1. The lowest BCUT2D eigenvalue weighted by atomic mass is 9.46. The molecule has 3 fully saturated rings. The first-order chi connectivity index (χ1) is 16.3. The molecule has 5 rings (SSSR count). The van der Waals surface area contributed by atoms with E-state index in [1.165, 1.54) is 5.57 Å². The number of benzene rings is 1. The van der Waals surface area contributed by atoms with Crippen LogP contribution < -0.4 is 0 Å². The molecule has 0 radical (unpaired) electrons. The van der Waals surface area contributed by atoms with Crippen molar-refractivity contribution in [1.29, 1.82) is 0 Å². The second kappa shape index (κ2) is 9.09. The van der Waals surface area contributed by atoms with Crippen LogP contribution in [-0.2, 0) is 25.5 Å². The van der Waals surface area contributed by atoms with Crippen molar-refractivity contribution in [1.82, 2.24) is 0 Å². The van der Waals surface area contributed by atoms with Crippen LogP contribution >= 0.6 is 0 Å². The minimum absolute atomic E-state index is 0.00180. The lowest BCUT2D eigenvalue weighted by molar-refractivity contribution is -0.151. The van der Waals surface area contributed by atoms with Crippen molar-refractivity contribution in [3.63, 3.8) is 0 Å². The second-order valence-electron chi connectivity index (χ2n) is 11.8. The van der Waals surface area contributed by atoms with E-state index in [0.29, 0.717) is 42.8 Å². The van der Waals surface area contributed by atoms with Gasteiger partial charge in [-0.3, -0.25) is 14.4 Å². The van der Waals surface area contributed by atoms with Gasteiger partial charge >= 0.3 is 5.97 Å². The van der Waals surface area contributed by atoms with Gasteiger partial charge in [0.05, 0.1) is 0 Å². The number of carbonyl (C=O) groups excluding carboxylic acids is 3. The Hall–Kier alpha value is -2.23. The van der Waals surface area contributed by atoms with Gasteiger partial charge in [0.15, 0.2) is 11.6 Å². The molecule has 182 valence electrons. The van der Waals surface area contributed by atoms with Crippen molar-refractivity contribution in [2.45, 2.75) is 78.1 Å². The highest BCUT2D eigenvalue weighted by Gasteiger charge is 2.60. The predicted molar refractivity (Wildman–Crippen MR) is 131 cm³/mol. The van der Waals surface area contributed by atoms with E-state index >= 15 is 0 Å². The van der Waals surface area contributed by atoms with Gasteiger partial charge in [-0.25, -0.2) is 0 Å². The van der Waals surface area contributed by atoms with Crippen molar-refractivity contribution in [3.05, 3.63) is 47.5 Å². The number of fused-ring (bicyclic) bond motifs is 5. The van der Waals surface area contributed by atoms with Crippen LogP contribution in [-0.4, -0.2) is 24.1 Å². The molecule has 1 aromatic rings. The Balaban J connectivity index is 1.20. The van der Waals surface area contributed by atoms with E-state index in [4.69, 9.17) is 4.74 Å². The Kier molecular flexibility index (Phi) is 6.29. The number of hydrogen-bond acceptors (Lipinski definition) is 4. The van der Waals surface area contributed by atoms with Crippen LogP contribution in [0.1, 0.15) is 77.2 Å². The van der Waals surface area contributed by atoms with E-state index in [9.17, 15) is 14.4 Å². The molecule has 3 saturated carbocycles. The van der Waals surface area contributed by atoms with Gasteiger partial charge < -0.3 is 4.74 Å². The average molecular weight is 463 g/mol. The maximum atomic E-state index is 13.2. The third-order valence-electron chi connectivity index (χ3n) is 10.2. The molecule has 0 aliphatic heterocycles. The molecular formula is C30H38O4. The predicted octanol–water partition coefficient (Wildman–Crippen LogP) is 5.88. The molecule has 0 aromatic heterocycles. The number of hydrogen-bond donors (Lipinski definition) is 0. The fourth-order valence-corrected chi connectivity index (χ4v) is 8.30. The Labute approximate surface area is 203 Å². The molecular weight excluding hydrogens is 424 g/mol. The first-order valence-corrected chi connectivity index (χ1v) is 13.3. The first kappa shape index (κ1) is 23.5. The maximum absolute atomic E-state index is 13.2. The van der Waals surface area contributed by atoms with E-state index in [0.717, 1.165) is 50.5 Å². The number of allylic oxidation sites excluding steroid dienone is 1. The molecule has 0 saturated heterocycles. The molecule has 0 N–H and O–H groups in total. The Morgan fingerprint density at radius 3 is 2.56 bits per heavy atom. The van der Waals surface area contributed by atoms with Gasteiger partial charge in [0, 0.05) is 18.8 Å². The summed E-state index contributed by atoms with van der Waals surface area (Å²) < 4.78 is 5.44. The van der Waals surface area contributed by atoms with Crippen molar-refractivity contribution in [3.8, 4) is 0 Å². The van der Waals surface area contributed by atoms with Crippen LogP contribution in [0.15, 0.2) is 42.0 Å². The standard InChI is InChI=1S/C30H38O4/c1-29-16-14-22(31)18-21(29)9-10-23-24-11-12-26(30(24,2)17-15-25(23)29)27(32)19-34-28(33)13-8-20-6-4-3-5-7-20/h3-7,18,23-26H,8-17,19H2,1-2H3/t23-,24-,25-,26+,29+,30+/m1/s1. The molecule has 0 spiro atoms. The van der Waals surface area contributed by atoms with Crippen LogP contribution in [0.4, 0.5) is 0 Å². The van der Waals surface area contributed by atoms with Gasteiger partial charge in [-0.1, -0.05) is 49.8 Å². The summed E-state index contributed by atoms with van der Waals surface area (Å²) in [7, 11) is 0. The summed E-state index contributed by atoms with van der Waals surface area (Å²) in [6.45, 7) is 4.65. The Morgan fingerprint density at radius 1 is 0.971 bits per heavy atom. The number of carbonyl (C=O) groups is 3. The minimum atomic E-state index is -0.285. The van der Waals surface area contributed by atoms with Gasteiger partial charge in [-0.05, 0) is 91.6 Å². The SMILES string of the molecule is C[C@]12CC[C@@H]3[C@H](CCC4=CC(=O)CC[C@@]43C)[C@H]1CC[C@H]2C(=O)COC(=O)CCc1ccccc1. The highest BCUT2D eigenvalue weighted by molar-refractivity contribution is 5.91. The third kappa shape index (κ3) is 4.07. The lowest BCUT2D eigenvalue weighted by Gasteiger charge is -2.58. The van der Waals surface area contributed by atoms with E-state index in [1.807, 2.05) is 36.4 Å². The molecule has 4 heteroatoms. The Morgan fingerprint density at radius 2 is 1.76 bits per heavy atom. The molecule has 34 heavy (non-hydrogen) atoms. The molecule has 4 aliphatic carbocycles. The van der Waals surface area contributed by atoms with Crippen molar-refractivity contribution >= 4 is 17.5 Å². The third-order valence-corrected chi connectivity index (χ3v) is 10.2. The van der Waals surface area contributed by atoms with Crippen LogP contribution in [0, 0.1) is 34.5 Å². The normalized spacial score (nSPS) is 36.6. The molecule has 0 bridgehead atoms. The fraction of sp³-hybridized carbons (Fsp3) is 0.633. The molecule has 1 aromatic carbocycles. The van der Waals surface area contributed by atoms with E-state index in [-0.39, 0.29) is 35.1 Å². The van der Waals surface area contributed by atoms with E-state index < -0.39 is 0 Å². The zero-order valence-electron chi connectivity index (χ0n) is 20.7. The zero-order chi connectivity index (χ0) is 23.9. The molecule has 4 aliphatic rings. The monoisotopic (exact) mass is 462 g/mol. The summed E-state index contributed by atoms with van der Waals surface area (Å²) >= 11 is 0. The topological polar surface area (TPSA) is 60.4 Å². The summed E-state index contributed by atoms with van der Waals surface area (Å²) in [6.07, 6.45) is 11.0. The summed E-state index contributed by atoms with van der Waals surface area (Å²) in [5.41, 5.74) is 2.67. The summed E-state index contributed by atoms with van der Waals surface area (Å²) in [4.78, 5) is 37.6. The van der Waals surface area contributed by atoms with Crippen LogP contribution in [0.5, 0.6) is 0 Å². The molecule has 6 atom stereocenters. The molecule has 0 heterocycles. The smallest absolute Gasteiger partial charge is 0.306 e. The first-order valence-electron chi connectivity index (χ1n) is 13.3. The minimum Gasteiger partial charge on any atom is -0.458 e. The van der Waals surface area contributed by atoms with Gasteiger partial charge in [-0.15, -0.1) is 0 Å². The number of ketones is 2. The molecule has 0 amide bonds. The highest BCUT2D eigenvalue weighted by Crippen LogP contribution is 2.66. The zero-order valence-corrected chi connectivity index (χ0v) is 20.7. The van der Waals surface area contributed by atoms with Gasteiger partial charge in [0.25, 0.3) is 0 Å². The number of Topliss-reactive ketones (excluding diaryl/α,β-unsaturated/α-hetero) is 1. The fourth-order valence-electron chi connectivity index (χ4n) is 8.30. The quantitative estimate of drug-likeness (QED) is 0.495. The van der Waals surface area contributed by atoms with Crippen LogP contribution in [0.2, 0.25) is 0 Å². The van der Waals surface area contributed by atoms with Crippen molar-refractivity contribution < 1.29 is 19.1 Å². The van der Waals surface area contributed by atoms with Gasteiger partial charge in [0.2, 0.25) is 0 Å². The molecule has 4 nitrogen and oxygen atoms in total. The van der Waals surface area contributed by atoms with Crippen LogP contribution in [0.25, 0.3) is 0 Å². The summed E-state index contributed by atoms with van der Waals surface area (Å²) in [6, 6.07) is 9.90.